The largest absolute Gasteiger partial charge is 0.339 e. The molecule has 1 saturated heterocycles. The molecule has 1 aromatic rings. The molecule has 7 nitrogen and oxygen atoms in total. The van der Waals surface area contributed by atoms with Crippen LogP contribution in [0, 0.1) is 0 Å². The van der Waals surface area contributed by atoms with Gasteiger partial charge in [-0.1, -0.05) is 18.2 Å². The van der Waals surface area contributed by atoms with Crippen molar-refractivity contribution in [2.24, 2.45) is 0 Å². The zero-order valence-electron chi connectivity index (χ0n) is 12.1. The van der Waals surface area contributed by atoms with E-state index >= 15 is 0 Å². The average molecular weight is 346 g/mol. The van der Waals surface area contributed by atoms with Crippen LogP contribution in [0.15, 0.2) is 35.2 Å². The third-order valence-electron chi connectivity index (χ3n) is 3.41. The summed E-state index contributed by atoms with van der Waals surface area (Å²) in [5, 5.41) is 0. The lowest BCUT2D eigenvalue weighted by Gasteiger charge is -2.29. The zero-order chi connectivity index (χ0) is 16.4. The molecule has 0 bridgehead atoms. The number of nitrogens with zero attached hydrogens (tertiary/aromatic N) is 1. The number of amides is 1. The number of benzene rings is 1. The molecule has 22 heavy (non-hydrogen) atoms. The monoisotopic (exact) mass is 346 g/mol. The van der Waals surface area contributed by atoms with E-state index in [0.717, 1.165) is 0 Å². The van der Waals surface area contributed by atoms with Crippen LogP contribution in [0.25, 0.3) is 0 Å². The lowest BCUT2D eigenvalue weighted by molar-refractivity contribution is -0.132. The Bertz CT molecular complexity index is 730. The fourth-order valence-electron chi connectivity index (χ4n) is 2.16. The molecule has 1 heterocycles. The van der Waals surface area contributed by atoms with Crippen LogP contribution in [0.2, 0.25) is 0 Å². The molecule has 2 rings (SSSR count). The van der Waals surface area contributed by atoms with Gasteiger partial charge in [-0.2, -0.15) is 4.72 Å². The Labute approximate surface area is 130 Å². The first-order chi connectivity index (χ1) is 10.2. The maximum Gasteiger partial charge on any atom is 0.241 e. The van der Waals surface area contributed by atoms with Gasteiger partial charge >= 0.3 is 0 Å². The summed E-state index contributed by atoms with van der Waals surface area (Å²) in [4.78, 5) is 13.7. The number of hydrogen-bond acceptors (Lipinski definition) is 5. The van der Waals surface area contributed by atoms with Crippen molar-refractivity contribution in [3.8, 4) is 0 Å². The topological polar surface area (TPSA) is 101 Å². The van der Waals surface area contributed by atoms with Crippen LogP contribution in [0.5, 0.6) is 0 Å². The summed E-state index contributed by atoms with van der Waals surface area (Å²) >= 11 is 0. The van der Waals surface area contributed by atoms with Crippen LogP contribution >= 0.6 is 0 Å². The Morgan fingerprint density at radius 1 is 1.18 bits per heavy atom. The highest BCUT2D eigenvalue weighted by Crippen LogP contribution is 2.10. The van der Waals surface area contributed by atoms with Crippen LogP contribution in [0.4, 0.5) is 0 Å². The Morgan fingerprint density at radius 2 is 1.73 bits per heavy atom. The summed E-state index contributed by atoms with van der Waals surface area (Å²) in [6, 6.07) is 6.81. The van der Waals surface area contributed by atoms with E-state index in [1.54, 1.807) is 18.2 Å². The predicted octanol–water partition coefficient (Wildman–Crippen LogP) is -0.390. The van der Waals surface area contributed by atoms with Crippen molar-refractivity contribution in [1.29, 1.82) is 0 Å². The minimum absolute atomic E-state index is 0.0795. The summed E-state index contributed by atoms with van der Waals surface area (Å²) in [6.45, 7) is 1.64. The molecule has 1 aliphatic heterocycles. The van der Waals surface area contributed by atoms with Crippen molar-refractivity contribution < 1.29 is 21.6 Å². The van der Waals surface area contributed by atoms with Crippen LogP contribution in [0.3, 0.4) is 0 Å². The van der Waals surface area contributed by atoms with Crippen molar-refractivity contribution in [2.45, 2.75) is 17.9 Å². The molecule has 1 aromatic carbocycles. The van der Waals surface area contributed by atoms with E-state index < -0.39 is 31.8 Å². The fraction of sp³-hybridized carbons (Fsp3) is 0.462. The van der Waals surface area contributed by atoms with Crippen molar-refractivity contribution in [3.63, 3.8) is 0 Å². The Balaban J connectivity index is 2.03. The Morgan fingerprint density at radius 3 is 2.27 bits per heavy atom. The van der Waals surface area contributed by atoms with Crippen molar-refractivity contribution in [2.75, 3.05) is 24.6 Å². The smallest absolute Gasteiger partial charge is 0.241 e. The maximum absolute atomic E-state index is 12.2. The van der Waals surface area contributed by atoms with Crippen molar-refractivity contribution in [1.82, 2.24) is 9.62 Å². The van der Waals surface area contributed by atoms with E-state index in [1.165, 1.54) is 24.0 Å². The van der Waals surface area contributed by atoms with E-state index in [0.29, 0.717) is 0 Å². The lowest BCUT2D eigenvalue weighted by atomic mass is 10.3. The molecule has 0 radical (unpaired) electrons. The first-order valence-corrected chi connectivity index (χ1v) is 10.1. The van der Waals surface area contributed by atoms with E-state index in [-0.39, 0.29) is 29.5 Å². The number of sulfone groups is 1. The molecule has 9 heteroatoms. The molecule has 1 fully saturated rings. The molecule has 0 spiro atoms. The minimum Gasteiger partial charge on any atom is -0.339 e. The third kappa shape index (κ3) is 4.05. The highest BCUT2D eigenvalue weighted by Gasteiger charge is 2.30. The fourth-order valence-corrected chi connectivity index (χ4v) is 4.58. The number of carbonyl (C=O) groups is 1. The Kier molecular flexibility index (Phi) is 4.88. The normalized spacial score (nSPS) is 19.6. The second kappa shape index (κ2) is 6.35. The van der Waals surface area contributed by atoms with Crippen molar-refractivity contribution >= 4 is 25.8 Å². The van der Waals surface area contributed by atoms with Crippen LogP contribution in [-0.4, -0.2) is 58.3 Å². The molecule has 0 aliphatic carbocycles. The molecule has 1 N–H and O–H groups in total. The second-order valence-electron chi connectivity index (χ2n) is 5.13. The minimum atomic E-state index is -3.78. The van der Waals surface area contributed by atoms with Crippen molar-refractivity contribution in [3.05, 3.63) is 30.3 Å². The van der Waals surface area contributed by atoms with Crippen LogP contribution in [0.1, 0.15) is 6.92 Å². The maximum atomic E-state index is 12.2. The van der Waals surface area contributed by atoms with Gasteiger partial charge in [0.2, 0.25) is 15.9 Å². The number of nitrogens with one attached hydrogen (secondary N) is 1. The number of carbonyl (C=O) groups excluding carboxylic acids is 1. The molecule has 0 saturated carbocycles. The summed E-state index contributed by atoms with van der Waals surface area (Å²) < 4.78 is 49.3. The highest BCUT2D eigenvalue weighted by atomic mass is 32.2. The lowest BCUT2D eigenvalue weighted by Crippen LogP contribution is -2.51. The summed E-state index contributed by atoms with van der Waals surface area (Å²) in [5.41, 5.74) is 0. The summed E-state index contributed by atoms with van der Waals surface area (Å²) in [5.74, 6) is -0.595. The van der Waals surface area contributed by atoms with Crippen LogP contribution < -0.4 is 4.72 Å². The first-order valence-electron chi connectivity index (χ1n) is 6.78. The molecule has 122 valence electrons. The van der Waals surface area contributed by atoms with E-state index in [9.17, 15) is 21.6 Å². The first kappa shape index (κ1) is 16.9. The van der Waals surface area contributed by atoms with Gasteiger partial charge in [-0.15, -0.1) is 0 Å². The van der Waals surface area contributed by atoms with Gasteiger partial charge in [0, 0.05) is 13.1 Å². The third-order valence-corrected chi connectivity index (χ3v) is 6.58. The van der Waals surface area contributed by atoms with E-state index in [1.807, 2.05) is 0 Å². The van der Waals surface area contributed by atoms with Gasteiger partial charge < -0.3 is 4.90 Å². The molecule has 1 aliphatic rings. The van der Waals surface area contributed by atoms with Gasteiger partial charge in [-0.25, -0.2) is 16.8 Å². The summed E-state index contributed by atoms with van der Waals surface area (Å²) in [6.07, 6.45) is 0. The number of rotatable bonds is 4. The average Bonchev–Trinajstić information content (AvgIpc) is 2.47. The van der Waals surface area contributed by atoms with Gasteiger partial charge in [0.1, 0.15) is 0 Å². The molecular formula is C13H18N2O5S2. The van der Waals surface area contributed by atoms with Gasteiger partial charge in [0.25, 0.3) is 0 Å². The molecular weight excluding hydrogens is 328 g/mol. The molecule has 1 amide bonds. The summed E-state index contributed by atoms with van der Waals surface area (Å²) in [7, 11) is -6.87. The van der Waals surface area contributed by atoms with E-state index in [2.05, 4.69) is 4.72 Å². The highest BCUT2D eigenvalue weighted by molar-refractivity contribution is 7.91. The molecule has 1 atom stereocenters. The number of hydrogen-bond donors (Lipinski definition) is 1. The predicted molar refractivity (Wildman–Crippen MR) is 81.5 cm³/mol. The van der Waals surface area contributed by atoms with Gasteiger partial charge in [-0.05, 0) is 19.1 Å². The zero-order valence-corrected chi connectivity index (χ0v) is 13.7. The van der Waals surface area contributed by atoms with Crippen LogP contribution in [-0.2, 0) is 24.7 Å². The van der Waals surface area contributed by atoms with Gasteiger partial charge in [0.05, 0.1) is 22.4 Å². The van der Waals surface area contributed by atoms with Gasteiger partial charge in [-0.3, -0.25) is 4.79 Å². The van der Waals surface area contributed by atoms with Gasteiger partial charge in [0.15, 0.2) is 9.84 Å². The standard InChI is InChI=1S/C13H18N2O5S2/c1-11(13(16)15-7-9-21(17,18)10-8-15)14-22(19,20)12-5-3-2-4-6-12/h2-6,11,14H,7-10H2,1H3/t11-/m1/s1. The molecule has 0 unspecified atom stereocenters. The van der Waals surface area contributed by atoms with E-state index in [4.69, 9.17) is 0 Å². The second-order valence-corrected chi connectivity index (χ2v) is 9.15. The Hall–Kier alpha value is -1.45. The quantitative estimate of drug-likeness (QED) is 0.800. The SMILES string of the molecule is C[C@@H](NS(=O)(=O)c1ccccc1)C(=O)N1CCS(=O)(=O)CC1. The molecule has 0 aromatic heterocycles. The number of sulfonamides is 1.